The van der Waals surface area contributed by atoms with Crippen molar-refractivity contribution in [3.8, 4) is 34.5 Å². The quantitative estimate of drug-likeness (QED) is 0.442. The van der Waals surface area contributed by atoms with E-state index in [4.69, 9.17) is 14.5 Å². The number of methoxy groups -OCH3 is 2. The Morgan fingerprint density at radius 2 is 1.94 bits per heavy atom. The van der Waals surface area contributed by atoms with Gasteiger partial charge in [-0.05, 0) is 29.8 Å². The molecule has 5 heterocycles. The highest BCUT2D eigenvalue weighted by Crippen LogP contribution is 2.33. The number of fused-ring (bicyclic) bond motifs is 1. The van der Waals surface area contributed by atoms with Crippen LogP contribution in [0.4, 0.5) is 0 Å². The van der Waals surface area contributed by atoms with Crippen LogP contribution < -0.4 is 9.47 Å². The van der Waals surface area contributed by atoms with Crippen molar-refractivity contribution in [1.82, 2.24) is 29.3 Å². The fraction of sp³-hybridized carbons (Fsp3) is 0.130. The van der Waals surface area contributed by atoms with Gasteiger partial charge in [0.1, 0.15) is 0 Å². The zero-order valence-electron chi connectivity index (χ0n) is 17.5. The number of aromatic hydroxyl groups is 1. The van der Waals surface area contributed by atoms with Gasteiger partial charge in [0.25, 0.3) is 5.88 Å². The molecular weight excluding hydrogens is 408 g/mol. The van der Waals surface area contributed by atoms with Crippen molar-refractivity contribution in [3.63, 3.8) is 0 Å². The number of hydrogen-bond donors (Lipinski definition) is 1. The van der Waals surface area contributed by atoms with Crippen LogP contribution in [0.3, 0.4) is 0 Å². The second-order valence-electron chi connectivity index (χ2n) is 7.14. The molecule has 0 spiro atoms. The highest BCUT2D eigenvalue weighted by molar-refractivity contribution is 5.87. The van der Waals surface area contributed by atoms with Gasteiger partial charge in [-0.25, -0.2) is 9.97 Å². The number of hydrogen-bond acceptors (Lipinski definition) is 7. The van der Waals surface area contributed by atoms with E-state index in [1.807, 2.05) is 36.5 Å². The average molecular weight is 428 g/mol. The molecule has 0 aliphatic heterocycles. The Kier molecular flexibility index (Phi) is 4.91. The molecule has 0 saturated carbocycles. The van der Waals surface area contributed by atoms with Gasteiger partial charge in [-0.3, -0.25) is 14.2 Å². The summed E-state index contributed by atoms with van der Waals surface area (Å²) in [5.41, 5.74) is 3.91. The number of pyridine rings is 3. The van der Waals surface area contributed by atoms with E-state index >= 15 is 0 Å². The summed E-state index contributed by atoms with van der Waals surface area (Å²) < 4.78 is 14.0. The van der Waals surface area contributed by atoms with Crippen LogP contribution in [0.15, 0.2) is 67.5 Å². The van der Waals surface area contributed by atoms with Crippen molar-refractivity contribution in [2.75, 3.05) is 14.2 Å². The second kappa shape index (κ2) is 8.03. The van der Waals surface area contributed by atoms with Crippen LogP contribution in [0, 0.1) is 0 Å². The van der Waals surface area contributed by atoms with Crippen LogP contribution in [0.1, 0.15) is 5.56 Å². The normalized spacial score (nSPS) is 11.1. The van der Waals surface area contributed by atoms with Gasteiger partial charge in [0, 0.05) is 36.5 Å². The molecule has 9 heteroatoms. The third kappa shape index (κ3) is 3.49. The van der Waals surface area contributed by atoms with Crippen molar-refractivity contribution < 1.29 is 14.6 Å². The Morgan fingerprint density at radius 3 is 2.72 bits per heavy atom. The maximum Gasteiger partial charge on any atom is 0.256 e. The van der Waals surface area contributed by atoms with Gasteiger partial charge in [-0.1, -0.05) is 6.07 Å². The monoisotopic (exact) mass is 428 g/mol. The Labute approximate surface area is 183 Å². The third-order valence-electron chi connectivity index (χ3n) is 5.14. The summed E-state index contributed by atoms with van der Waals surface area (Å²) in [6.07, 6.45) is 10.6. The fourth-order valence-corrected chi connectivity index (χ4v) is 3.55. The first-order chi connectivity index (χ1) is 15.7. The molecule has 5 aromatic heterocycles. The number of aromatic nitrogens is 6. The molecular formula is C23H20N6O3. The molecule has 9 nitrogen and oxygen atoms in total. The SMILES string of the molecule is COc1cc(-c2ccc3c(O)n(-c4cnn(Cc5cccnc5)c4)cc3n2)cnc1OC. The Bertz CT molecular complexity index is 1390. The van der Waals surface area contributed by atoms with Crippen LogP contribution in [-0.4, -0.2) is 48.6 Å². The minimum absolute atomic E-state index is 0.102. The lowest BCUT2D eigenvalue weighted by atomic mass is 10.1. The lowest BCUT2D eigenvalue weighted by molar-refractivity contribution is 0.343. The maximum absolute atomic E-state index is 10.8. The van der Waals surface area contributed by atoms with Crippen molar-refractivity contribution in [2.45, 2.75) is 6.54 Å². The third-order valence-corrected chi connectivity index (χ3v) is 5.14. The molecule has 32 heavy (non-hydrogen) atoms. The van der Waals surface area contributed by atoms with Gasteiger partial charge in [0.2, 0.25) is 5.88 Å². The highest BCUT2D eigenvalue weighted by atomic mass is 16.5. The molecule has 160 valence electrons. The molecule has 0 aromatic carbocycles. The molecule has 5 aromatic rings. The molecule has 0 saturated heterocycles. The van der Waals surface area contributed by atoms with E-state index in [1.165, 1.54) is 0 Å². The maximum atomic E-state index is 10.8. The number of rotatable bonds is 6. The summed E-state index contributed by atoms with van der Waals surface area (Å²) in [6.45, 7) is 0.587. The second-order valence-corrected chi connectivity index (χ2v) is 7.14. The summed E-state index contributed by atoms with van der Waals surface area (Å²) in [5, 5.41) is 15.8. The minimum Gasteiger partial charge on any atom is -0.494 e. The number of nitrogens with zero attached hydrogens (tertiary/aromatic N) is 6. The zero-order chi connectivity index (χ0) is 22.1. The summed E-state index contributed by atoms with van der Waals surface area (Å²) in [5.74, 6) is 1.03. The minimum atomic E-state index is 0.102. The standard InChI is InChI=1S/C23H20N6O3/c1-31-21-8-16(10-25-22(21)32-2)19-6-5-18-20(27-19)14-29(23(18)30)17-11-26-28(13-17)12-15-4-3-7-24-9-15/h3-11,13-14,30H,12H2,1-2H3. The smallest absolute Gasteiger partial charge is 0.256 e. The molecule has 0 aliphatic rings. The predicted octanol–water partition coefficient (Wildman–Crippen LogP) is 3.45. The van der Waals surface area contributed by atoms with E-state index in [2.05, 4.69) is 15.1 Å². The molecule has 0 fully saturated rings. The largest absolute Gasteiger partial charge is 0.494 e. The lowest BCUT2D eigenvalue weighted by Gasteiger charge is -2.08. The molecule has 0 atom stereocenters. The molecule has 1 N–H and O–H groups in total. The average Bonchev–Trinajstić information content (AvgIpc) is 3.43. The van der Waals surface area contributed by atoms with Gasteiger partial charge < -0.3 is 14.6 Å². The first-order valence-electron chi connectivity index (χ1n) is 9.87. The molecule has 0 unspecified atom stereocenters. The molecule has 0 radical (unpaired) electrons. The van der Waals surface area contributed by atoms with Crippen LogP contribution in [0.25, 0.3) is 27.8 Å². The van der Waals surface area contributed by atoms with E-state index in [0.29, 0.717) is 34.8 Å². The van der Waals surface area contributed by atoms with Gasteiger partial charge >= 0.3 is 0 Å². The summed E-state index contributed by atoms with van der Waals surface area (Å²) in [4.78, 5) is 13.1. The summed E-state index contributed by atoms with van der Waals surface area (Å²) in [7, 11) is 3.10. The van der Waals surface area contributed by atoms with Crippen molar-refractivity contribution >= 4 is 10.9 Å². The van der Waals surface area contributed by atoms with Gasteiger partial charge in [-0.15, -0.1) is 0 Å². The van der Waals surface area contributed by atoms with E-state index in [0.717, 1.165) is 16.8 Å². The van der Waals surface area contributed by atoms with Crippen molar-refractivity contribution in [1.29, 1.82) is 0 Å². The van der Waals surface area contributed by atoms with Gasteiger partial charge in [0.15, 0.2) is 5.75 Å². The first kappa shape index (κ1) is 19.6. The van der Waals surface area contributed by atoms with Crippen molar-refractivity contribution in [3.05, 3.63) is 73.1 Å². The lowest BCUT2D eigenvalue weighted by Crippen LogP contribution is -2.00. The van der Waals surface area contributed by atoms with Crippen molar-refractivity contribution in [2.24, 2.45) is 0 Å². The molecule has 5 rings (SSSR count). The molecule has 0 amide bonds. The van der Waals surface area contributed by atoms with E-state index in [1.54, 1.807) is 54.5 Å². The predicted molar refractivity (Wildman–Crippen MR) is 118 cm³/mol. The summed E-state index contributed by atoms with van der Waals surface area (Å²) >= 11 is 0. The first-order valence-corrected chi connectivity index (χ1v) is 9.87. The topological polar surface area (TPSA) is 100 Å². The molecule has 0 bridgehead atoms. The van der Waals surface area contributed by atoms with Crippen LogP contribution in [0.5, 0.6) is 17.5 Å². The Balaban J connectivity index is 1.48. The summed E-state index contributed by atoms with van der Waals surface area (Å²) in [6, 6.07) is 9.37. The number of ether oxygens (including phenoxy) is 2. The van der Waals surface area contributed by atoms with Gasteiger partial charge in [0.05, 0.1) is 49.2 Å². The van der Waals surface area contributed by atoms with E-state index in [9.17, 15) is 5.11 Å². The Hall–Kier alpha value is -4.40. The molecule has 0 aliphatic carbocycles. The zero-order valence-corrected chi connectivity index (χ0v) is 17.5. The van der Waals surface area contributed by atoms with E-state index < -0.39 is 0 Å². The van der Waals surface area contributed by atoms with Crippen LogP contribution in [-0.2, 0) is 6.54 Å². The van der Waals surface area contributed by atoms with Crippen LogP contribution in [0.2, 0.25) is 0 Å². The van der Waals surface area contributed by atoms with Gasteiger partial charge in [-0.2, -0.15) is 5.10 Å². The fourth-order valence-electron chi connectivity index (χ4n) is 3.55. The Morgan fingerprint density at radius 1 is 1.03 bits per heavy atom. The highest BCUT2D eigenvalue weighted by Gasteiger charge is 2.15. The van der Waals surface area contributed by atoms with Crippen LogP contribution >= 0.6 is 0 Å². The van der Waals surface area contributed by atoms with E-state index in [-0.39, 0.29) is 5.88 Å².